The summed E-state index contributed by atoms with van der Waals surface area (Å²) in [6.45, 7) is 11.0. The van der Waals surface area contributed by atoms with Crippen LogP contribution in [0.5, 0.6) is 5.75 Å². The van der Waals surface area contributed by atoms with Gasteiger partial charge >= 0.3 is 0 Å². The summed E-state index contributed by atoms with van der Waals surface area (Å²) in [6.07, 6.45) is 2.14. The molecule has 190 valence electrons. The predicted octanol–water partition coefficient (Wildman–Crippen LogP) is 8.34. The number of hydrogen-bond acceptors (Lipinski definition) is 2. The fourth-order valence-corrected chi connectivity index (χ4v) is 7.98. The number of benzene rings is 4. The highest BCUT2D eigenvalue weighted by molar-refractivity contribution is 6.27. The lowest BCUT2D eigenvalue weighted by atomic mass is 9.96. The average molecular weight is 508 g/mol. The van der Waals surface area contributed by atoms with Crippen molar-refractivity contribution in [1.29, 1.82) is 0 Å². The standard InChI is InChI=1S/C35H29N3O/c1-20-16-23-17-30(20)38-29-11-7-4-8-25(29)32-27-19-36(18-22-12-14-24(39-3)15-13-22)21(2)31(27)33-26-9-5-6-10-28(26)37(23)35(33)34(32)38/h4-15,23,30H,1-2,16-19H2,3H3/t23-,30-/m0/s1. The Morgan fingerprint density at radius 1 is 0.821 bits per heavy atom. The lowest BCUT2D eigenvalue weighted by Gasteiger charge is -2.20. The Hall–Kier alpha value is -4.44. The number of ether oxygens (including phenoxy) is 1. The first-order valence-corrected chi connectivity index (χ1v) is 13.9. The van der Waals surface area contributed by atoms with Gasteiger partial charge < -0.3 is 18.8 Å². The van der Waals surface area contributed by atoms with Gasteiger partial charge in [0.2, 0.25) is 0 Å². The highest BCUT2D eigenvalue weighted by atomic mass is 16.5. The zero-order valence-electron chi connectivity index (χ0n) is 22.1. The van der Waals surface area contributed by atoms with Gasteiger partial charge in [0.05, 0.1) is 24.2 Å². The first-order valence-electron chi connectivity index (χ1n) is 13.9. The fourth-order valence-electron chi connectivity index (χ4n) is 7.98. The molecule has 39 heavy (non-hydrogen) atoms. The molecule has 6 aromatic rings. The third-order valence-electron chi connectivity index (χ3n) is 9.59. The summed E-state index contributed by atoms with van der Waals surface area (Å²) in [7, 11) is 1.72. The van der Waals surface area contributed by atoms with Gasteiger partial charge in [-0.3, -0.25) is 0 Å². The van der Waals surface area contributed by atoms with E-state index in [1.807, 2.05) is 12.1 Å². The van der Waals surface area contributed by atoms with Crippen molar-refractivity contribution in [2.75, 3.05) is 7.11 Å². The van der Waals surface area contributed by atoms with E-state index >= 15 is 0 Å². The van der Waals surface area contributed by atoms with Gasteiger partial charge in [0.1, 0.15) is 5.75 Å². The van der Waals surface area contributed by atoms with Crippen molar-refractivity contribution in [2.45, 2.75) is 38.0 Å². The molecule has 0 saturated heterocycles. The Kier molecular flexibility index (Phi) is 4.05. The molecule has 0 spiro atoms. The molecule has 0 unspecified atom stereocenters. The van der Waals surface area contributed by atoms with Gasteiger partial charge in [0.15, 0.2) is 0 Å². The van der Waals surface area contributed by atoms with E-state index < -0.39 is 0 Å². The molecule has 2 bridgehead atoms. The summed E-state index contributed by atoms with van der Waals surface area (Å²) >= 11 is 0. The third-order valence-corrected chi connectivity index (χ3v) is 9.59. The van der Waals surface area contributed by atoms with Gasteiger partial charge in [-0.05, 0) is 48.2 Å². The first kappa shape index (κ1) is 21.5. The minimum atomic E-state index is 0.331. The van der Waals surface area contributed by atoms with E-state index in [1.165, 1.54) is 65.9 Å². The molecule has 4 heterocycles. The maximum Gasteiger partial charge on any atom is 0.118 e. The van der Waals surface area contributed by atoms with Crippen LogP contribution in [0.4, 0.5) is 0 Å². The number of rotatable bonds is 3. The second-order valence-corrected chi connectivity index (χ2v) is 11.5. The smallest absolute Gasteiger partial charge is 0.118 e. The molecule has 2 aromatic heterocycles. The molecule has 9 rings (SSSR count). The van der Waals surface area contributed by atoms with Crippen molar-refractivity contribution < 1.29 is 4.74 Å². The molecular weight excluding hydrogens is 478 g/mol. The number of para-hydroxylation sites is 2. The Morgan fingerprint density at radius 3 is 2.23 bits per heavy atom. The second kappa shape index (κ2) is 7.35. The van der Waals surface area contributed by atoms with Crippen LogP contribution in [0.25, 0.3) is 49.3 Å². The van der Waals surface area contributed by atoms with E-state index in [2.05, 4.69) is 81.3 Å². The van der Waals surface area contributed by atoms with Crippen molar-refractivity contribution in [1.82, 2.24) is 14.0 Å². The van der Waals surface area contributed by atoms with E-state index in [4.69, 9.17) is 11.3 Å². The molecule has 3 aliphatic rings. The molecular formula is C35H29N3O. The van der Waals surface area contributed by atoms with E-state index in [0.29, 0.717) is 12.1 Å². The number of aromatic nitrogens is 2. The zero-order valence-corrected chi connectivity index (χ0v) is 22.1. The molecule has 2 atom stereocenters. The van der Waals surface area contributed by atoms with Crippen LogP contribution < -0.4 is 4.74 Å². The molecule has 1 aliphatic carbocycles. The summed E-state index contributed by atoms with van der Waals surface area (Å²) in [4.78, 5) is 2.46. The van der Waals surface area contributed by atoms with Crippen LogP contribution in [0.2, 0.25) is 0 Å². The number of allylic oxidation sites excluding steroid dienone is 1. The van der Waals surface area contributed by atoms with Crippen LogP contribution in [0, 0.1) is 0 Å². The highest BCUT2D eigenvalue weighted by Gasteiger charge is 2.41. The van der Waals surface area contributed by atoms with Crippen LogP contribution in [0.3, 0.4) is 0 Å². The van der Waals surface area contributed by atoms with E-state index in [0.717, 1.165) is 37.4 Å². The van der Waals surface area contributed by atoms with Crippen LogP contribution in [-0.4, -0.2) is 21.1 Å². The normalized spacial score (nSPS) is 19.8. The SMILES string of the molecule is C=C1C[C@H]2C[C@@H]1n1c3ccccc3c3c4c(c5c6ccccc6n2c5c31)C(=C)N(Cc1ccc(OC)cc1)C4. The highest BCUT2D eigenvalue weighted by Crippen LogP contribution is 2.56. The van der Waals surface area contributed by atoms with Crippen LogP contribution >= 0.6 is 0 Å². The maximum atomic E-state index is 5.40. The van der Waals surface area contributed by atoms with E-state index in [-0.39, 0.29) is 0 Å². The van der Waals surface area contributed by atoms with E-state index in [9.17, 15) is 0 Å². The van der Waals surface area contributed by atoms with Gasteiger partial charge in [-0.1, -0.05) is 67.3 Å². The minimum absolute atomic E-state index is 0.331. The Bertz CT molecular complexity index is 2060. The van der Waals surface area contributed by atoms with Gasteiger partial charge in [-0.2, -0.15) is 0 Å². The number of hydrogen-bond donors (Lipinski definition) is 0. The monoisotopic (exact) mass is 507 g/mol. The van der Waals surface area contributed by atoms with Crippen LogP contribution in [-0.2, 0) is 13.1 Å². The maximum absolute atomic E-state index is 5.40. The first-order chi connectivity index (χ1) is 19.1. The van der Waals surface area contributed by atoms with Gasteiger partial charge in [0, 0.05) is 63.0 Å². The fraction of sp³-hybridized carbons (Fsp3) is 0.200. The third kappa shape index (κ3) is 2.59. The predicted molar refractivity (Wildman–Crippen MR) is 160 cm³/mol. The average Bonchev–Trinajstić information content (AvgIpc) is 3.66. The van der Waals surface area contributed by atoms with E-state index in [1.54, 1.807) is 7.11 Å². The van der Waals surface area contributed by atoms with Crippen molar-refractivity contribution in [3.05, 3.63) is 108 Å². The molecule has 4 heteroatoms. The Balaban J connectivity index is 1.41. The summed E-state index contributed by atoms with van der Waals surface area (Å²) in [5.74, 6) is 0.886. The Labute approximate surface area is 227 Å². The summed E-state index contributed by atoms with van der Waals surface area (Å²) in [5.41, 5.74) is 11.9. The zero-order chi connectivity index (χ0) is 26.0. The number of nitrogens with zero attached hydrogens (tertiary/aromatic N) is 3. The lowest BCUT2D eigenvalue weighted by Crippen LogP contribution is -2.14. The summed E-state index contributed by atoms with van der Waals surface area (Å²) in [6, 6.07) is 27.2. The molecule has 0 radical (unpaired) electrons. The van der Waals surface area contributed by atoms with Gasteiger partial charge in [-0.15, -0.1) is 0 Å². The minimum Gasteiger partial charge on any atom is -0.497 e. The summed E-state index contributed by atoms with van der Waals surface area (Å²) < 4.78 is 10.7. The van der Waals surface area contributed by atoms with Crippen molar-refractivity contribution >= 4 is 49.3 Å². The second-order valence-electron chi connectivity index (χ2n) is 11.5. The number of fused-ring (bicyclic) bond motifs is 13. The number of methoxy groups -OCH3 is 1. The molecule has 2 aliphatic heterocycles. The quantitative estimate of drug-likeness (QED) is 0.225. The molecule has 1 fully saturated rings. The van der Waals surface area contributed by atoms with Crippen LogP contribution in [0.15, 0.2) is 91.5 Å². The lowest BCUT2D eigenvalue weighted by molar-refractivity contribution is 0.402. The summed E-state index contributed by atoms with van der Waals surface area (Å²) in [5, 5.41) is 5.46. The van der Waals surface area contributed by atoms with Gasteiger partial charge in [-0.25, -0.2) is 0 Å². The van der Waals surface area contributed by atoms with Crippen molar-refractivity contribution in [3.63, 3.8) is 0 Å². The molecule has 4 aromatic carbocycles. The van der Waals surface area contributed by atoms with Gasteiger partial charge in [0.25, 0.3) is 0 Å². The molecule has 1 saturated carbocycles. The molecule has 0 N–H and O–H groups in total. The molecule has 0 amide bonds. The Morgan fingerprint density at radius 2 is 1.49 bits per heavy atom. The topological polar surface area (TPSA) is 22.3 Å². The molecule has 4 nitrogen and oxygen atoms in total. The van der Waals surface area contributed by atoms with Crippen molar-refractivity contribution in [2.24, 2.45) is 0 Å². The van der Waals surface area contributed by atoms with Crippen LogP contribution in [0.1, 0.15) is 41.6 Å². The van der Waals surface area contributed by atoms with Crippen molar-refractivity contribution in [3.8, 4) is 5.75 Å². The largest absolute Gasteiger partial charge is 0.497 e.